The van der Waals surface area contributed by atoms with Crippen LogP contribution >= 0.6 is 11.6 Å². The third kappa shape index (κ3) is 4.06. The molecule has 114 valence electrons. The predicted octanol–water partition coefficient (Wildman–Crippen LogP) is 4.67. The van der Waals surface area contributed by atoms with E-state index in [1.807, 2.05) is 24.5 Å². The van der Waals surface area contributed by atoms with E-state index in [0.29, 0.717) is 5.92 Å². The molecule has 1 atom stereocenters. The Morgan fingerprint density at radius 1 is 1.27 bits per heavy atom. The Kier molecular flexibility index (Phi) is 5.93. The van der Waals surface area contributed by atoms with E-state index in [0.717, 1.165) is 18.1 Å². The van der Waals surface area contributed by atoms with Gasteiger partial charge in [0.25, 0.3) is 0 Å². The van der Waals surface area contributed by atoms with Gasteiger partial charge in [-0.25, -0.2) is 0 Å². The molecule has 2 nitrogen and oxygen atoms in total. The van der Waals surface area contributed by atoms with Crippen LogP contribution in [0.5, 0.6) is 0 Å². The molecule has 1 aromatic heterocycles. The molecule has 0 amide bonds. The summed E-state index contributed by atoms with van der Waals surface area (Å²) in [6, 6.07) is 10.4. The maximum atomic E-state index is 6.09. The molecule has 1 aliphatic rings. The second-order valence-electron chi connectivity index (χ2n) is 5.35. The molecule has 1 aromatic carbocycles. The molecular formula is C19H21ClN2. The molecule has 0 fully saturated rings. The zero-order valence-corrected chi connectivity index (χ0v) is 13.6. The summed E-state index contributed by atoms with van der Waals surface area (Å²) >= 11 is 6.09. The summed E-state index contributed by atoms with van der Waals surface area (Å²) in [5.41, 5.74) is 3.98. The highest BCUT2D eigenvalue weighted by molar-refractivity contribution is 6.30. The van der Waals surface area contributed by atoms with Crippen molar-refractivity contribution >= 4 is 11.6 Å². The lowest BCUT2D eigenvalue weighted by atomic mass is 9.85. The van der Waals surface area contributed by atoms with Crippen LogP contribution in [0.1, 0.15) is 22.6 Å². The molecule has 1 unspecified atom stereocenters. The molecule has 0 radical (unpaired) electrons. The van der Waals surface area contributed by atoms with Crippen LogP contribution in [-0.4, -0.2) is 23.5 Å². The molecule has 0 saturated carbocycles. The lowest BCUT2D eigenvalue weighted by Gasteiger charge is -2.32. The van der Waals surface area contributed by atoms with E-state index in [1.54, 1.807) is 12.2 Å². The third-order valence-corrected chi connectivity index (χ3v) is 3.90. The van der Waals surface area contributed by atoms with Gasteiger partial charge >= 0.3 is 0 Å². The molecule has 0 bridgehead atoms. The van der Waals surface area contributed by atoms with E-state index in [9.17, 15) is 0 Å². The number of hydrogen-bond acceptors (Lipinski definition) is 2. The Balaban J connectivity index is 0.000000396. The topological polar surface area (TPSA) is 16.1 Å². The first-order valence-corrected chi connectivity index (χ1v) is 7.63. The van der Waals surface area contributed by atoms with Crippen LogP contribution in [0.2, 0.25) is 5.02 Å². The average Bonchev–Trinajstić information content (AvgIpc) is 2.54. The molecule has 0 N–H and O–H groups in total. The molecule has 2 aromatic rings. The van der Waals surface area contributed by atoms with Crippen molar-refractivity contribution in [2.75, 3.05) is 13.6 Å². The fourth-order valence-corrected chi connectivity index (χ4v) is 2.88. The smallest absolute Gasteiger partial charge is 0.0409 e. The largest absolute Gasteiger partial charge is 0.301 e. The van der Waals surface area contributed by atoms with Crippen LogP contribution in [0.3, 0.4) is 0 Å². The van der Waals surface area contributed by atoms with Crippen molar-refractivity contribution in [1.82, 2.24) is 9.88 Å². The normalized spacial score (nSPS) is 16.9. The Morgan fingerprint density at radius 2 is 2.05 bits per heavy atom. The molecular weight excluding hydrogens is 292 g/mol. The SMILES string of the molecule is C=CC=C.CN1Cc2cc(Cl)ccc2C(c2cccnc2)C1. The number of pyridine rings is 1. The summed E-state index contributed by atoms with van der Waals surface area (Å²) in [4.78, 5) is 6.56. The molecule has 3 heteroatoms. The quantitative estimate of drug-likeness (QED) is 0.749. The van der Waals surface area contributed by atoms with Gasteiger partial charge in [0.1, 0.15) is 0 Å². The van der Waals surface area contributed by atoms with Crippen LogP contribution in [-0.2, 0) is 6.54 Å². The highest BCUT2D eigenvalue weighted by Gasteiger charge is 2.24. The number of aromatic nitrogens is 1. The van der Waals surface area contributed by atoms with Gasteiger partial charge in [-0.1, -0.05) is 49.0 Å². The maximum Gasteiger partial charge on any atom is 0.0409 e. The van der Waals surface area contributed by atoms with E-state index in [2.05, 4.69) is 48.3 Å². The number of hydrogen-bond donors (Lipinski definition) is 0. The number of likely N-dealkylation sites (N-methyl/N-ethyl adjacent to an activating group) is 1. The second-order valence-corrected chi connectivity index (χ2v) is 5.79. The Morgan fingerprint density at radius 3 is 2.68 bits per heavy atom. The summed E-state index contributed by atoms with van der Waals surface area (Å²) in [5, 5.41) is 0.814. The van der Waals surface area contributed by atoms with Crippen molar-refractivity contribution < 1.29 is 0 Å². The number of nitrogens with zero attached hydrogens (tertiary/aromatic N) is 2. The molecule has 0 spiro atoms. The minimum atomic E-state index is 0.393. The first-order valence-electron chi connectivity index (χ1n) is 7.26. The van der Waals surface area contributed by atoms with Crippen LogP contribution in [0.4, 0.5) is 0 Å². The average molecular weight is 313 g/mol. The summed E-state index contributed by atoms with van der Waals surface area (Å²) in [6.07, 6.45) is 7.06. The van der Waals surface area contributed by atoms with Crippen LogP contribution in [0.15, 0.2) is 68.0 Å². The second kappa shape index (κ2) is 7.92. The van der Waals surface area contributed by atoms with Crippen molar-refractivity contribution in [3.63, 3.8) is 0 Å². The van der Waals surface area contributed by atoms with Gasteiger partial charge in [0.15, 0.2) is 0 Å². The van der Waals surface area contributed by atoms with E-state index >= 15 is 0 Å². The highest BCUT2D eigenvalue weighted by Crippen LogP contribution is 2.33. The molecule has 3 rings (SSSR count). The van der Waals surface area contributed by atoms with Crippen LogP contribution < -0.4 is 0 Å². The fraction of sp³-hybridized carbons (Fsp3) is 0.211. The zero-order valence-electron chi connectivity index (χ0n) is 12.9. The van der Waals surface area contributed by atoms with E-state index in [1.165, 1.54) is 16.7 Å². The number of halogens is 1. The first-order chi connectivity index (χ1) is 10.7. The van der Waals surface area contributed by atoms with Crippen LogP contribution in [0.25, 0.3) is 0 Å². The van der Waals surface area contributed by atoms with E-state index in [4.69, 9.17) is 11.6 Å². The lowest BCUT2D eigenvalue weighted by Crippen LogP contribution is -2.30. The molecule has 22 heavy (non-hydrogen) atoms. The van der Waals surface area contributed by atoms with Gasteiger partial charge < -0.3 is 4.90 Å². The third-order valence-electron chi connectivity index (χ3n) is 3.67. The van der Waals surface area contributed by atoms with E-state index < -0.39 is 0 Å². The Hall–Kier alpha value is -1.90. The molecule has 0 saturated heterocycles. The molecule has 1 aliphatic heterocycles. The monoisotopic (exact) mass is 312 g/mol. The number of fused-ring (bicyclic) bond motifs is 1. The van der Waals surface area contributed by atoms with Gasteiger partial charge in [0.05, 0.1) is 0 Å². The minimum Gasteiger partial charge on any atom is -0.301 e. The summed E-state index contributed by atoms with van der Waals surface area (Å²) in [7, 11) is 2.15. The lowest BCUT2D eigenvalue weighted by molar-refractivity contribution is 0.295. The molecule has 0 aliphatic carbocycles. The van der Waals surface area contributed by atoms with Gasteiger partial charge in [-0.15, -0.1) is 0 Å². The maximum absolute atomic E-state index is 6.09. The fourth-order valence-electron chi connectivity index (χ4n) is 2.68. The van der Waals surface area contributed by atoms with Gasteiger partial charge in [-0.05, 0) is 41.9 Å². The summed E-state index contributed by atoms with van der Waals surface area (Å²) in [5.74, 6) is 0.393. The van der Waals surface area contributed by atoms with Crippen molar-refractivity contribution in [3.05, 3.63) is 89.7 Å². The van der Waals surface area contributed by atoms with Crippen molar-refractivity contribution in [3.8, 4) is 0 Å². The standard InChI is InChI=1S/C15H15ClN2.C4H6/c1-18-9-12-7-13(16)4-5-14(12)15(10-18)11-3-2-6-17-8-11;1-3-4-2/h2-8,15H,9-10H2,1H3;3-4H,1-2H2. The summed E-state index contributed by atoms with van der Waals surface area (Å²) < 4.78 is 0. The van der Waals surface area contributed by atoms with Gasteiger partial charge in [0.2, 0.25) is 0 Å². The predicted molar refractivity (Wildman–Crippen MR) is 94.3 cm³/mol. The Labute approximate surface area is 137 Å². The summed E-state index contributed by atoms with van der Waals surface area (Å²) in [6.45, 7) is 8.72. The van der Waals surface area contributed by atoms with Crippen molar-refractivity contribution in [1.29, 1.82) is 0 Å². The van der Waals surface area contributed by atoms with Crippen LogP contribution in [0, 0.1) is 0 Å². The molecule has 2 heterocycles. The van der Waals surface area contributed by atoms with Gasteiger partial charge in [-0.2, -0.15) is 0 Å². The first kappa shape index (κ1) is 16.5. The number of rotatable bonds is 2. The van der Waals surface area contributed by atoms with Crippen molar-refractivity contribution in [2.45, 2.75) is 12.5 Å². The number of benzene rings is 1. The zero-order chi connectivity index (χ0) is 15.9. The van der Waals surface area contributed by atoms with Gasteiger partial charge in [-0.3, -0.25) is 4.98 Å². The Bertz CT molecular complexity index is 631. The number of allylic oxidation sites excluding steroid dienone is 2. The minimum absolute atomic E-state index is 0.393. The van der Waals surface area contributed by atoms with Crippen molar-refractivity contribution in [2.24, 2.45) is 0 Å². The highest BCUT2D eigenvalue weighted by atomic mass is 35.5. The van der Waals surface area contributed by atoms with Gasteiger partial charge in [0, 0.05) is 36.4 Å². The van der Waals surface area contributed by atoms with E-state index in [-0.39, 0.29) is 0 Å².